The normalized spacial score (nSPS) is 24.3. The summed E-state index contributed by atoms with van der Waals surface area (Å²) in [6.45, 7) is 8.74. The molecule has 0 spiro atoms. The summed E-state index contributed by atoms with van der Waals surface area (Å²) in [7, 11) is 0. The van der Waals surface area contributed by atoms with E-state index >= 15 is 0 Å². The number of pyridine rings is 1. The Morgan fingerprint density at radius 3 is 2.89 bits per heavy atom. The zero-order valence-electron chi connectivity index (χ0n) is 11.3. The van der Waals surface area contributed by atoms with Gasteiger partial charge in [0.1, 0.15) is 5.82 Å². The van der Waals surface area contributed by atoms with Gasteiger partial charge in [-0.05, 0) is 44.9 Å². The number of hydrogen-bond donors (Lipinski definition) is 1. The summed E-state index contributed by atoms with van der Waals surface area (Å²) in [6, 6.07) is 2.87. The number of hydrogen-bond acceptors (Lipinski definition) is 4. The highest BCUT2D eigenvalue weighted by molar-refractivity contribution is 5.56. The minimum absolute atomic E-state index is 0.735. The third-order valence-electron chi connectivity index (χ3n) is 4.35. The fourth-order valence-corrected chi connectivity index (χ4v) is 3.18. The van der Waals surface area contributed by atoms with Crippen molar-refractivity contribution in [2.75, 3.05) is 36.8 Å². The lowest BCUT2D eigenvalue weighted by atomic mass is 10.1. The average molecular weight is 246 g/mol. The van der Waals surface area contributed by atoms with Crippen molar-refractivity contribution >= 4 is 11.5 Å². The average Bonchev–Trinajstić information content (AvgIpc) is 2.82. The zero-order chi connectivity index (χ0) is 12.7. The maximum atomic E-state index is 5.98. The van der Waals surface area contributed by atoms with Crippen LogP contribution in [-0.4, -0.2) is 42.1 Å². The predicted molar refractivity (Wildman–Crippen MR) is 74.9 cm³/mol. The molecule has 1 unspecified atom stereocenters. The smallest absolute Gasteiger partial charge is 0.129 e. The number of fused-ring (bicyclic) bond motifs is 1. The number of aromatic nitrogens is 1. The summed E-state index contributed by atoms with van der Waals surface area (Å²) in [4.78, 5) is 9.69. The number of piperazine rings is 1. The van der Waals surface area contributed by atoms with Crippen LogP contribution in [0.15, 0.2) is 6.07 Å². The third kappa shape index (κ3) is 1.94. The Labute approximate surface area is 109 Å². The van der Waals surface area contributed by atoms with Crippen molar-refractivity contribution in [1.82, 2.24) is 9.88 Å². The first kappa shape index (κ1) is 11.8. The van der Waals surface area contributed by atoms with E-state index in [1.165, 1.54) is 25.9 Å². The van der Waals surface area contributed by atoms with Crippen LogP contribution in [0.1, 0.15) is 24.1 Å². The Morgan fingerprint density at radius 1 is 1.28 bits per heavy atom. The maximum absolute atomic E-state index is 5.98. The van der Waals surface area contributed by atoms with Crippen LogP contribution in [0.3, 0.4) is 0 Å². The summed E-state index contributed by atoms with van der Waals surface area (Å²) in [5.41, 5.74) is 8.91. The number of aryl methyl sites for hydroxylation is 2. The van der Waals surface area contributed by atoms with E-state index in [9.17, 15) is 0 Å². The SMILES string of the molecule is Cc1cc(N2CCN3CCCC3C2)nc(C)c1N. The van der Waals surface area contributed by atoms with Crippen molar-refractivity contribution in [3.05, 3.63) is 17.3 Å². The molecule has 1 aromatic heterocycles. The first-order valence-electron chi connectivity index (χ1n) is 6.88. The highest BCUT2D eigenvalue weighted by atomic mass is 15.3. The summed E-state index contributed by atoms with van der Waals surface area (Å²) in [5.74, 6) is 1.10. The Hall–Kier alpha value is -1.29. The lowest BCUT2D eigenvalue weighted by Crippen LogP contribution is -2.50. The highest BCUT2D eigenvalue weighted by Gasteiger charge is 2.31. The van der Waals surface area contributed by atoms with Crippen molar-refractivity contribution < 1.29 is 0 Å². The molecule has 0 bridgehead atoms. The number of nitrogen functional groups attached to an aromatic ring is 1. The summed E-state index contributed by atoms with van der Waals surface area (Å²) in [5, 5.41) is 0. The van der Waals surface area contributed by atoms with E-state index in [-0.39, 0.29) is 0 Å². The maximum Gasteiger partial charge on any atom is 0.129 e. The molecule has 2 aliphatic rings. The first-order chi connectivity index (χ1) is 8.65. The van der Waals surface area contributed by atoms with Gasteiger partial charge >= 0.3 is 0 Å². The Kier molecular flexibility index (Phi) is 2.90. The molecular formula is C14H22N4. The second kappa shape index (κ2) is 4.43. The Bertz CT molecular complexity index is 434. The van der Waals surface area contributed by atoms with E-state index in [4.69, 9.17) is 5.73 Å². The highest BCUT2D eigenvalue weighted by Crippen LogP contribution is 2.26. The van der Waals surface area contributed by atoms with Gasteiger partial charge in [-0.1, -0.05) is 0 Å². The van der Waals surface area contributed by atoms with Crippen molar-refractivity contribution in [2.45, 2.75) is 32.7 Å². The minimum Gasteiger partial charge on any atom is -0.397 e. The van der Waals surface area contributed by atoms with Crippen molar-refractivity contribution in [3.8, 4) is 0 Å². The second-order valence-electron chi connectivity index (χ2n) is 5.57. The number of anilines is 2. The Morgan fingerprint density at radius 2 is 2.11 bits per heavy atom. The molecule has 0 saturated carbocycles. The molecule has 0 aromatic carbocycles. The van der Waals surface area contributed by atoms with E-state index < -0.39 is 0 Å². The molecule has 3 rings (SSSR count). The van der Waals surface area contributed by atoms with Gasteiger partial charge in [0.15, 0.2) is 0 Å². The Balaban J connectivity index is 1.83. The quantitative estimate of drug-likeness (QED) is 0.817. The predicted octanol–water partition coefficient (Wildman–Crippen LogP) is 1.57. The van der Waals surface area contributed by atoms with Crippen LogP contribution < -0.4 is 10.6 Å². The largest absolute Gasteiger partial charge is 0.397 e. The standard InChI is InChI=1S/C14H22N4/c1-10-8-13(16-11(2)14(10)15)18-7-6-17-5-3-4-12(17)9-18/h8,12H,3-7,9,15H2,1-2H3. The number of nitrogens with zero attached hydrogens (tertiary/aromatic N) is 3. The molecule has 2 fully saturated rings. The lowest BCUT2D eigenvalue weighted by molar-refractivity contribution is 0.230. The van der Waals surface area contributed by atoms with E-state index in [1.807, 2.05) is 6.92 Å². The molecule has 98 valence electrons. The summed E-state index contributed by atoms with van der Waals surface area (Å²) >= 11 is 0. The van der Waals surface area contributed by atoms with Crippen molar-refractivity contribution in [3.63, 3.8) is 0 Å². The van der Waals surface area contributed by atoms with Gasteiger partial charge in [0.25, 0.3) is 0 Å². The van der Waals surface area contributed by atoms with Crippen LogP contribution in [0.25, 0.3) is 0 Å². The molecule has 2 aliphatic heterocycles. The molecule has 18 heavy (non-hydrogen) atoms. The lowest BCUT2D eigenvalue weighted by Gasteiger charge is -2.38. The van der Waals surface area contributed by atoms with E-state index in [2.05, 4.69) is 27.8 Å². The van der Waals surface area contributed by atoms with Gasteiger partial charge in [-0.3, -0.25) is 4.90 Å². The van der Waals surface area contributed by atoms with Crippen LogP contribution in [0, 0.1) is 13.8 Å². The monoisotopic (exact) mass is 246 g/mol. The van der Waals surface area contributed by atoms with Gasteiger partial charge in [-0.15, -0.1) is 0 Å². The molecule has 1 aromatic rings. The number of rotatable bonds is 1. The fraction of sp³-hybridized carbons (Fsp3) is 0.643. The van der Waals surface area contributed by atoms with Gasteiger partial charge in [0, 0.05) is 25.7 Å². The van der Waals surface area contributed by atoms with E-state index in [0.29, 0.717) is 0 Å². The second-order valence-corrected chi connectivity index (χ2v) is 5.57. The number of nitrogens with two attached hydrogens (primary N) is 1. The van der Waals surface area contributed by atoms with Crippen molar-refractivity contribution in [2.24, 2.45) is 0 Å². The molecule has 4 nitrogen and oxygen atoms in total. The molecule has 0 aliphatic carbocycles. The molecule has 1 atom stereocenters. The van der Waals surface area contributed by atoms with Crippen molar-refractivity contribution in [1.29, 1.82) is 0 Å². The van der Waals surface area contributed by atoms with Crippen LogP contribution in [0.5, 0.6) is 0 Å². The van der Waals surface area contributed by atoms with Crippen LogP contribution >= 0.6 is 0 Å². The van der Waals surface area contributed by atoms with Crippen LogP contribution in [0.2, 0.25) is 0 Å². The molecule has 2 N–H and O–H groups in total. The molecule has 0 radical (unpaired) electrons. The third-order valence-corrected chi connectivity index (χ3v) is 4.35. The molecule has 4 heteroatoms. The van der Waals surface area contributed by atoms with E-state index in [1.54, 1.807) is 0 Å². The topological polar surface area (TPSA) is 45.4 Å². The molecule has 3 heterocycles. The van der Waals surface area contributed by atoms with Gasteiger partial charge in [0.2, 0.25) is 0 Å². The molecule has 2 saturated heterocycles. The fourth-order valence-electron chi connectivity index (χ4n) is 3.18. The zero-order valence-corrected chi connectivity index (χ0v) is 11.3. The molecular weight excluding hydrogens is 224 g/mol. The van der Waals surface area contributed by atoms with Gasteiger partial charge in [-0.2, -0.15) is 0 Å². The van der Waals surface area contributed by atoms with E-state index in [0.717, 1.165) is 41.9 Å². The van der Waals surface area contributed by atoms with Crippen LogP contribution in [-0.2, 0) is 0 Å². The van der Waals surface area contributed by atoms with Gasteiger partial charge < -0.3 is 10.6 Å². The molecule has 0 amide bonds. The first-order valence-corrected chi connectivity index (χ1v) is 6.88. The van der Waals surface area contributed by atoms with Crippen LogP contribution in [0.4, 0.5) is 11.5 Å². The summed E-state index contributed by atoms with van der Waals surface area (Å²) < 4.78 is 0. The summed E-state index contributed by atoms with van der Waals surface area (Å²) in [6.07, 6.45) is 2.69. The van der Waals surface area contributed by atoms with Gasteiger partial charge in [0.05, 0.1) is 11.4 Å². The minimum atomic E-state index is 0.735. The van der Waals surface area contributed by atoms with Gasteiger partial charge in [-0.25, -0.2) is 4.98 Å².